The first-order chi connectivity index (χ1) is 12.4. The number of benzene rings is 1. The van der Waals surface area contributed by atoms with Gasteiger partial charge in [0.1, 0.15) is 18.2 Å². The van der Waals surface area contributed by atoms with Gasteiger partial charge >= 0.3 is 11.9 Å². The van der Waals surface area contributed by atoms with Gasteiger partial charge in [0.25, 0.3) is 0 Å². The SMILES string of the molecule is CCOc1ccc(C(C)=O)cc1N1COCC(C(=O)OC)=C1C(=O)OC. The molecule has 0 unspecified atom stereocenters. The number of carbonyl (C=O) groups is 3. The van der Waals surface area contributed by atoms with Crippen molar-refractivity contribution >= 4 is 23.4 Å². The number of nitrogens with zero attached hydrogens (tertiary/aromatic N) is 1. The molecule has 0 amide bonds. The van der Waals surface area contributed by atoms with Gasteiger partial charge in [-0.3, -0.25) is 4.79 Å². The van der Waals surface area contributed by atoms with Crippen molar-refractivity contribution in [2.75, 3.05) is 39.1 Å². The van der Waals surface area contributed by atoms with Gasteiger partial charge in [-0.1, -0.05) is 0 Å². The van der Waals surface area contributed by atoms with Crippen LogP contribution in [0.5, 0.6) is 5.75 Å². The molecule has 140 valence electrons. The molecule has 0 aliphatic carbocycles. The number of esters is 2. The number of methoxy groups -OCH3 is 2. The minimum absolute atomic E-state index is 0.00717. The van der Waals surface area contributed by atoms with Gasteiger partial charge < -0.3 is 23.8 Å². The summed E-state index contributed by atoms with van der Waals surface area (Å²) in [4.78, 5) is 37.7. The molecule has 1 heterocycles. The van der Waals surface area contributed by atoms with Crippen molar-refractivity contribution in [3.63, 3.8) is 0 Å². The molecular weight excluding hydrogens is 342 g/mol. The summed E-state index contributed by atoms with van der Waals surface area (Å²) in [7, 11) is 2.43. The quantitative estimate of drug-likeness (QED) is 0.557. The molecule has 8 heteroatoms. The number of anilines is 1. The zero-order valence-electron chi connectivity index (χ0n) is 15.2. The van der Waals surface area contributed by atoms with Crippen molar-refractivity contribution in [2.24, 2.45) is 0 Å². The Morgan fingerprint density at radius 2 is 1.85 bits per heavy atom. The Balaban J connectivity index is 2.66. The van der Waals surface area contributed by atoms with Gasteiger partial charge in [0.15, 0.2) is 5.78 Å². The van der Waals surface area contributed by atoms with E-state index in [-0.39, 0.29) is 30.4 Å². The predicted molar refractivity (Wildman–Crippen MR) is 92.0 cm³/mol. The van der Waals surface area contributed by atoms with E-state index in [1.54, 1.807) is 18.2 Å². The van der Waals surface area contributed by atoms with Crippen molar-refractivity contribution in [2.45, 2.75) is 13.8 Å². The molecule has 1 aliphatic rings. The second-order valence-electron chi connectivity index (χ2n) is 5.39. The van der Waals surface area contributed by atoms with Crippen LogP contribution in [0.4, 0.5) is 5.69 Å². The van der Waals surface area contributed by atoms with Crippen LogP contribution < -0.4 is 9.64 Å². The molecule has 2 rings (SSSR count). The fraction of sp³-hybridized carbons (Fsp3) is 0.389. The Morgan fingerprint density at radius 3 is 2.42 bits per heavy atom. The van der Waals surface area contributed by atoms with Crippen molar-refractivity contribution in [1.82, 2.24) is 0 Å². The maximum absolute atomic E-state index is 12.4. The van der Waals surface area contributed by atoms with Gasteiger partial charge in [0.05, 0.1) is 38.7 Å². The van der Waals surface area contributed by atoms with Crippen LogP contribution in [0.1, 0.15) is 24.2 Å². The molecule has 0 aromatic heterocycles. The second kappa shape index (κ2) is 8.48. The molecule has 1 aliphatic heterocycles. The van der Waals surface area contributed by atoms with Crippen molar-refractivity contribution in [3.8, 4) is 5.75 Å². The lowest BCUT2D eigenvalue weighted by atomic mass is 10.1. The molecule has 0 fully saturated rings. The topological polar surface area (TPSA) is 91.4 Å². The molecule has 0 N–H and O–H groups in total. The second-order valence-corrected chi connectivity index (χ2v) is 5.39. The normalized spacial score (nSPS) is 14.1. The fourth-order valence-corrected chi connectivity index (χ4v) is 2.56. The van der Waals surface area contributed by atoms with E-state index in [9.17, 15) is 14.4 Å². The van der Waals surface area contributed by atoms with Crippen molar-refractivity contribution in [3.05, 3.63) is 35.0 Å². The van der Waals surface area contributed by atoms with Crippen LogP contribution in [0, 0.1) is 0 Å². The van der Waals surface area contributed by atoms with E-state index in [4.69, 9.17) is 18.9 Å². The summed E-state index contributed by atoms with van der Waals surface area (Å²) in [6.07, 6.45) is 0. The predicted octanol–water partition coefficient (Wildman–Crippen LogP) is 1.68. The monoisotopic (exact) mass is 363 g/mol. The third kappa shape index (κ3) is 3.85. The molecule has 0 bridgehead atoms. The van der Waals surface area contributed by atoms with Crippen molar-refractivity contribution < 1.29 is 33.3 Å². The van der Waals surface area contributed by atoms with E-state index in [2.05, 4.69) is 0 Å². The minimum Gasteiger partial charge on any atom is -0.492 e. The first kappa shape index (κ1) is 19.5. The van der Waals surface area contributed by atoms with Crippen LogP contribution >= 0.6 is 0 Å². The van der Waals surface area contributed by atoms with Gasteiger partial charge in [-0.05, 0) is 32.0 Å². The molecule has 8 nitrogen and oxygen atoms in total. The highest BCUT2D eigenvalue weighted by Crippen LogP contribution is 2.35. The molecule has 26 heavy (non-hydrogen) atoms. The molecule has 0 saturated carbocycles. The van der Waals surface area contributed by atoms with Crippen LogP contribution in [-0.4, -0.2) is 51.9 Å². The average Bonchev–Trinajstić information content (AvgIpc) is 2.66. The Morgan fingerprint density at radius 1 is 1.15 bits per heavy atom. The number of ether oxygens (including phenoxy) is 4. The Hall–Kier alpha value is -2.87. The summed E-state index contributed by atoms with van der Waals surface area (Å²) in [5, 5.41) is 0. The lowest BCUT2D eigenvalue weighted by Gasteiger charge is -2.32. The van der Waals surface area contributed by atoms with Crippen LogP contribution in [0.3, 0.4) is 0 Å². The van der Waals surface area contributed by atoms with Crippen LogP contribution in [-0.2, 0) is 23.8 Å². The Bertz CT molecular complexity index is 754. The number of Topliss-reactive ketones (excluding diaryl/α,β-unsaturated/α-hetero) is 1. The van der Waals surface area contributed by atoms with E-state index in [0.29, 0.717) is 23.6 Å². The van der Waals surface area contributed by atoms with Crippen LogP contribution in [0.25, 0.3) is 0 Å². The highest BCUT2D eigenvalue weighted by atomic mass is 16.5. The van der Waals surface area contributed by atoms with Crippen LogP contribution in [0.2, 0.25) is 0 Å². The first-order valence-corrected chi connectivity index (χ1v) is 7.97. The molecule has 0 saturated heterocycles. The van der Waals surface area contributed by atoms with Gasteiger partial charge in [0.2, 0.25) is 0 Å². The zero-order valence-corrected chi connectivity index (χ0v) is 15.2. The van der Waals surface area contributed by atoms with E-state index < -0.39 is 11.9 Å². The molecule has 0 spiro atoms. The van der Waals surface area contributed by atoms with E-state index in [0.717, 1.165) is 0 Å². The largest absolute Gasteiger partial charge is 0.492 e. The third-order valence-corrected chi connectivity index (χ3v) is 3.79. The average molecular weight is 363 g/mol. The van der Waals surface area contributed by atoms with Gasteiger partial charge in [-0.25, -0.2) is 9.59 Å². The number of hydrogen-bond acceptors (Lipinski definition) is 8. The number of hydrogen-bond donors (Lipinski definition) is 0. The lowest BCUT2D eigenvalue weighted by Crippen LogP contribution is -2.39. The van der Waals surface area contributed by atoms with Crippen LogP contribution in [0.15, 0.2) is 29.5 Å². The highest BCUT2D eigenvalue weighted by Gasteiger charge is 2.33. The first-order valence-electron chi connectivity index (χ1n) is 7.97. The molecule has 1 aromatic rings. The lowest BCUT2D eigenvalue weighted by molar-refractivity contribution is -0.140. The molecule has 0 radical (unpaired) electrons. The minimum atomic E-state index is -0.718. The van der Waals surface area contributed by atoms with E-state index >= 15 is 0 Å². The maximum atomic E-state index is 12.4. The number of carbonyl (C=O) groups excluding carboxylic acids is 3. The molecule has 1 aromatic carbocycles. The summed E-state index contributed by atoms with van der Waals surface area (Å²) in [6, 6.07) is 4.85. The number of rotatable bonds is 6. The fourth-order valence-electron chi connectivity index (χ4n) is 2.56. The number of ketones is 1. The molecule has 0 atom stereocenters. The highest BCUT2D eigenvalue weighted by molar-refractivity contribution is 6.04. The summed E-state index contributed by atoms with van der Waals surface area (Å²) >= 11 is 0. The maximum Gasteiger partial charge on any atom is 0.355 e. The summed E-state index contributed by atoms with van der Waals surface area (Å²) in [5.41, 5.74) is 0.868. The standard InChI is InChI=1S/C18H21NO7/c1-5-26-15-7-6-12(11(2)20)8-14(15)19-10-25-9-13(17(21)23-3)16(19)18(22)24-4/h6-8H,5,9-10H2,1-4H3. The summed E-state index contributed by atoms with van der Waals surface area (Å²) < 4.78 is 20.6. The summed E-state index contributed by atoms with van der Waals surface area (Å²) in [5.74, 6) is -1.13. The third-order valence-electron chi connectivity index (χ3n) is 3.79. The summed E-state index contributed by atoms with van der Waals surface area (Å²) in [6.45, 7) is 3.51. The zero-order chi connectivity index (χ0) is 19.3. The van der Waals surface area contributed by atoms with Gasteiger partial charge in [-0.15, -0.1) is 0 Å². The van der Waals surface area contributed by atoms with E-state index in [1.165, 1.54) is 26.0 Å². The van der Waals surface area contributed by atoms with Crippen molar-refractivity contribution in [1.29, 1.82) is 0 Å². The smallest absolute Gasteiger partial charge is 0.355 e. The Kier molecular flexibility index (Phi) is 6.35. The van der Waals surface area contributed by atoms with E-state index in [1.807, 2.05) is 6.92 Å². The molecular formula is C18H21NO7. The van der Waals surface area contributed by atoms with Gasteiger partial charge in [-0.2, -0.15) is 0 Å². The van der Waals surface area contributed by atoms with Gasteiger partial charge in [0, 0.05) is 5.56 Å². The Labute approximate surface area is 151 Å².